The summed E-state index contributed by atoms with van der Waals surface area (Å²) >= 11 is 0. The largest absolute Gasteiger partial charge is 0.497 e. The van der Waals surface area contributed by atoms with Crippen molar-refractivity contribution in [3.05, 3.63) is 78.6 Å². The van der Waals surface area contributed by atoms with Gasteiger partial charge in [-0.05, 0) is 60.7 Å². The number of methoxy groups -OCH3 is 1. The quantitative estimate of drug-likeness (QED) is 0.422. The van der Waals surface area contributed by atoms with Crippen LogP contribution < -0.4 is 10.1 Å². The molecule has 0 amide bonds. The maximum Gasteiger partial charge on any atom is 0.286 e. The number of nitrogens with zero attached hydrogens (tertiary/aromatic N) is 4. The molecule has 152 valence electrons. The van der Waals surface area contributed by atoms with Crippen LogP contribution in [0.1, 0.15) is 0 Å². The number of rotatable bonds is 5. The van der Waals surface area contributed by atoms with Gasteiger partial charge in [-0.3, -0.25) is 0 Å². The second-order valence-electron chi connectivity index (χ2n) is 6.69. The van der Waals surface area contributed by atoms with E-state index in [1.165, 1.54) is 12.1 Å². The second-order valence-corrected chi connectivity index (χ2v) is 6.69. The summed E-state index contributed by atoms with van der Waals surface area (Å²) in [4.78, 5) is 9.16. The zero-order chi connectivity index (χ0) is 21.2. The van der Waals surface area contributed by atoms with E-state index < -0.39 is 0 Å². The minimum Gasteiger partial charge on any atom is -0.497 e. The highest BCUT2D eigenvalue weighted by molar-refractivity contribution is 5.91. The fourth-order valence-corrected chi connectivity index (χ4v) is 3.10. The average Bonchev–Trinajstić information content (AvgIpc) is 3.31. The van der Waals surface area contributed by atoms with Crippen molar-refractivity contribution in [1.29, 1.82) is 0 Å². The number of nitrogens with one attached hydrogen (secondary N) is 1. The molecule has 0 aliphatic carbocycles. The van der Waals surface area contributed by atoms with Gasteiger partial charge in [-0.15, -0.1) is 10.2 Å². The average molecular weight is 413 g/mol. The summed E-state index contributed by atoms with van der Waals surface area (Å²) < 4.78 is 24.3. The molecule has 3 aromatic carbocycles. The molecule has 0 saturated carbocycles. The van der Waals surface area contributed by atoms with Crippen LogP contribution in [0.3, 0.4) is 0 Å². The Morgan fingerprint density at radius 1 is 0.839 bits per heavy atom. The van der Waals surface area contributed by atoms with Crippen molar-refractivity contribution in [2.24, 2.45) is 0 Å². The molecule has 0 aliphatic rings. The first-order valence-corrected chi connectivity index (χ1v) is 9.47. The highest BCUT2D eigenvalue weighted by Crippen LogP contribution is 2.29. The van der Waals surface area contributed by atoms with Crippen molar-refractivity contribution in [3.63, 3.8) is 0 Å². The predicted molar refractivity (Wildman–Crippen MR) is 115 cm³/mol. The Labute approximate surface area is 176 Å². The highest BCUT2D eigenvalue weighted by Gasteiger charge is 2.16. The molecule has 0 atom stereocenters. The third-order valence-corrected chi connectivity index (χ3v) is 4.66. The molecule has 8 heteroatoms. The SMILES string of the molecule is COc1ccc(-c2nnc(-c3nc(Nc4ccc(F)cc4)c4ccccc4n3)o2)cc1. The molecule has 7 nitrogen and oxygen atoms in total. The zero-order valence-electron chi connectivity index (χ0n) is 16.4. The topological polar surface area (TPSA) is 86.0 Å². The van der Waals surface area contributed by atoms with E-state index in [4.69, 9.17) is 9.15 Å². The molecular weight excluding hydrogens is 397 g/mol. The molecule has 0 unspecified atom stereocenters. The molecule has 1 N–H and O–H groups in total. The molecule has 0 fully saturated rings. The Hall–Kier alpha value is -4.33. The molecule has 0 radical (unpaired) electrons. The maximum atomic E-state index is 13.3. The molecule has 5 rings (SSSR count). The summed E-state index contributed by atoms with van der Waals surface area (Å²) in [5.41, 5.74) is 2.16. The number of benzene rings is 3. The van der Waals surface area contributed by atoms with Gasteiger partial charge < -0.3 is 14.5 Å². The number of hydrogen-bond acceptors (Lipinski definition) is 7. The van der Waals surface area contributed by atoms with Gasteiger partial charge in [-0.2, -0.15) is 0 Å². The van der Waals surface area contributed by atoms with Crippen LogP contribution >= 0.6 is 0 Å². The maximum absolute atomic E-state index is 13.3. The van der Waals surface area contributed by atoms with Gasteiger partial charge in [-0.1, -0.05) is 12.1 Å². The lowest BCUT2D eigenvalue weighted by Crippen LogP contribution is -1.99. The number of halogens is 1. The number of anilines is 2. The second kappa shape index (κ2) is 7.83. The number of hydrogen-bond donors (Lipinski definition) is 1. The first kappa shape index (κ1) is 18.7. The van der Waals surface area contributed by atoms with E-state index in [0.29, 0.717) is 22.9 Å². The summed E-state index contributed by atoms with van der Waals surface area (Å²) in [6.45, 7) is 0. The van der Waals surface area contributed by atoms with Crippen LogP contribution in [0.5, 0.6) is 5.75 Å². The van der Waals surface area contributed by atoms with E-state index in [0.717, 1.165) is 16.7 Å². The van der Waals surface area contributed by atoms with Gasteiger partial charge in [-0.25, -0.2) is 14.4 Å². The van der Waals surface area contributed by atoms with Crippen LogP contribution in [0.15, 0.2) is 77.2 Å². The third kappa shape index (κ3) is 3.78. The monoisotopic (exact) mass is 413 g/mol. The summed E-state index contributed by atoms with van der Waals surface area (Å²) in [7, 11) is 1.61. The van der Waals surface area contributed by atoms with Gasteiger partial charge in [0.15, 0.2) is 0 Å². The molecule has 31 heavy (non-hydrogen) atoms. The molecule has 0 saturated heterocycles. The Morgan fingerprint density at radius 2 is 1.58 bits per heavy atom. The summed E-state index contributed by atoms with van der Waals surface area (Å²) in [6, 6.07) is 20.9. The van der Waals surface area contributed by atoms with Gasteiger partial charge in [0.1, 0.15) is 17.4 Å². The Morgan fingerprint density at radius 3 is 2.35 bits per heavy atom. The van der Waals surface area contributed by atoms with Gasteiger partial charge in [0.25, 0.3) is 5.89 Å². The van der Waals surface area contributed by atoms with Crippen molar-refractivity contribution < 1.29 is 13.5 Å². The van der Waals surface area contributed by atoms with Crippen LogP contribution in [0.2, 0.25) is 0 Å². The molecular formula is C23H16FN5O2. The van der Waals surface area contributed by atoms with Gasteiger partial charge in [0.05, 0.1) is 12.6 Å². The molecule has 0 spiro atoms. The summed E-state index contributed by atoms with van der Waals surface area (Å²) in [6.07, 6.45) is 0. The van der Waals surface area contributed by atoms with Gasteiger partial charge in [0.2, 0.25) is 11.7 Å². The molecule has 0 aliphatic heterocycles. The van der Waals surface area contributed by atoms with E-state index in [-0.39, 0.29) is 17.5 Å². The van der Waals surface area contributed by atoms with Crippen LogP contribution in [0, 0.1) is 5.82 Å². The zero-order valence-corrected chi connectivity index (χ0v) is 16.4. The molecule has 2 heterocycles. The van der Waals surface area contributed by atoms with E-state index in [1.54, 1.807) is 19.2 Å². The fourth-order valence-electron chi connectivity index (χ4n) is 3.10. The van der Waals surface area contributed by atoms with Crippen LogP contribution in [-0.2, 0) is 0 Å². The third-order valence-electron chi connectivity index (χ3n) is 4.66. The number of para-hydroxylation sites is 1. The minimum absolute atomic E-state index is 0.193. The van der Waals surface area contributed by atoms with Crippen molar-refractivity contribution in [1.82, 2.24) is 20.2 Å². The first-order chi connectivity index (χ1) is 15.2. The fraction of sp³-hybridized carbons (Fsp3) is 0.0435. The number of aromatic nitrogens is 4. The predicted octanol–water partition coefficient (Wildman–Crippen LogP) is 5.24. The first-order valence-electron chi connectivity index (χ1n) is 9.47. The molecule has 0 bridgehead atoms. The standard InChI is InChI=1S/C23H16FN5O2/c1-30-17-12-6-14(7-13-17)22-28-29-23(31-22)21-26-19-5-3-2-4-18(19)20(27-21)25-16-10-8-15(24)9-11-16/h2-13H,1H3,(H,25,26,27). The Balaban J connectivity index is 1.54. The van der Waals surface area contributed by atoms with E-state index >= 15 is 0 Å². The van der Waals surface area contributed by atoms with Crippen molar-refractivity contribution in [3.8, 4) is 28.9 Å². The lowest BCUT2D eigenvalue weighted by atomic mass is 10.2. The van der Waals surface area contributed by atoms with Crippen LogP contribution in [0.25, 0.3) is 34.1 Å². The van der Waals surface area contributed by atoms with E-state index in [9.17, 15) is 4.39 Å². The highest BCUT2D eigenvalue weighted by atomic mass is 19.1. The van der Waals surface area contributed by atoms with E-state index in [2.05, 4.69) is 25.5 Å². The Bertz CT molecular complexity index is 1350. The van der Waals surface area contributed by atoms with Crippen molar-refractivity contribution in [2.75, 3.05) is 12.4 Å². The van der Waals surface area contributed by atoms with Crippen LogP contribution in [0.4, 0.5) is 15.9 Å². The Kier molecular flexibility index (Phi) is 4.72. The number of fused-ring (bicyclic) bond motifs is 1. The van der Waals surface area contributed by atoms with Gasteiger partial charge >= 0.3 is 0 Å². The lowest BCUT2D eigenvalue weighted by molar-refractivity contribution is 0.415. The minimum atomic E-state index is -0.310. The van der Waals surface area contributed by atoms with Crippen molar-refractivity contribution >= 4 is 22.4 Å². The normalized spacial score (nSPS) is 10.9. The molecule has 5 aromatic rings. The number of ether oxygens (including phenoxy) is 1. The van der Waals surface area contributed by atoms with Crippen LogP contribution in [-0.4, -0.2) is 27.3 Å². The van der Waals surface area contributed by atoms with Gasteiger partial charge in [0, 0.05) is 16.6 Å². The molecule has 2 aromatic heterocycles. The van der Waals surface area contributed by atoms with Crippen molar-refractivity contribution in [2.45, 2.75) is 0 Å². The smallest absolute Gasteiger partial charge is 0.286 e. The summed E-state index contributed by atoms with van der Waals surface area (Å²) in [5, 5.41) is 12.3. The van der Waals surface area contributed by atoms with E-state index in [1.807, 2.05) is 48.5 Å². The summed E-state index contributed by atoms with van der Waals surface area (Å²) in [5.74, 6) is 1.81. The lowest BCUT2D eigenvalue weighted by Gasteiger charge is -2.09.